The number of aryl methyl sites for hydroxylation is 2. The second kappa shape index (κ2) is 5.64. The Morgan fingerprint density at radius 1 is 1.09 bits per heavy atom. The molecule has 0 aliphatic carbocycles. The van der Waals surface area contributed by atoms with Crippen LogP contribution in [-0.2, 0) is 10.0 Å². The summed E-state index contributed by atoms with van der Waals surface area (Å²) in [5.74, 6) is -0.716. The fraction of sp³-hybridized carbons (Fsp3) is 0.143. The number of hydrogen-bond donors (Lipinski definition) is 2. The van der Waals surface area contributed by atoms with Gasteiger partial charge in [0.1, 0.15) is 0 Å². The van der Waals surface area contributed by atoms with Gasteiger partial charge in [-0.05, 0) is 37.6 Å². The maximum Gasteiger partial charge on any atom is 0.313 e. The minimum absolute atomic E-state index is 0.00154. The fourth-order valence-corrected chi connectivity index (χ4v) is 2.96. The van der Waals surface area contributed by atoms with Crippen LogP contribution in [0, 0.1) is 24.0 Å². The number of anilines is 1. The van der Waals surface area contributed by atoms with E-state index in [1.807, 2.05) is 6.92 Å². The molecule has 0 amide bonds. The minimum Gasteiger partial charge on any atom is -0.501 e. The number of phenolic OH excluding ortho intramolecular Hbond substituents is 1. The van der Waals surface area contributed by atoms with E-state index < -0.39 is 26.4 Å². The standard InChI is InChI=1S/C14H14N2O5S/c1-9-3-5-11(6-4-9)22(20,21)15-12-7-10(2)8-13(14(12)17)16(18)19/h3-8,15,17H,1-2H3. The van der Waals surface area contributed by atoms with Gasteiger partial charge in [0.05, 0.1) is 15.5 Å². The van der Waals surface area contributed by atoms with Crippen LogP contribution in [-0.4, -0.2) is 18.4 Å². The molecule has 0 bridgehead atoms. The Morgan fingerprint density at radius 3 is 2.23 bits per heavy atom. The van der Waals surface area contributed by atoms with Gasteiger partial charge in [-0.3, -0.25) is 14.8 Å². The van der Waals surface area contributed by atoms with Crippen molar-refractivity contribution >= 4 is 21.4 Å². The number of hydrogen-bond acceptors (Lipinski definition) is 5. The van der Waals surface area contributed by atoms with Gasteiger partial charge in [-0.1, -0.05) is 17.7 Å². The van der Waals surface area contributed by atoms with E-state index in [0.717, 1.165) is 5.56 Å². The van der Waals surface area contributed by atoms with Crippen LogP contribution >= 0.6 is 0 Å². The summed E-state index contributed by atoms with van der Waals surface area (Å²) < 4.78 is 26.7. The molecular formula is C14H14N2O5S. The van der Waals surface area contributed by atoms with Crippen molar-refractivity contribution in [1.29, 1.82) is 0 Å². The first-order valence-electron chi connectivity index (χ1n) is 6.28. The van der Waals surface area contributed by atoms with Crippen LogP contribution in [0.5, 0.6) is 5.75 Å². The topological polar surface area (TPSA) is 110 Å². The molecular weight excluding hydrogens is 308 g/mol. The summed E-state index contributed by atoms with van der Waals surface area (Å²) in [5, 5.41) is 20.7. The predicted octanol–water partition coefficient (Wildman–Crippen LogP) is 2.72. The van der Waals surface area contributed by atoms with Gasteiger partial charge >= 0.3 is 5.69 Å². The van der Waals surface area contributed by atoms with Gasteiger partial charge in [-0.15, -0.1) is 0 Å². The van der Waals surface area contributed by atoms with Gasteiger partial charge in [-0.25, -0.2) is 8.42 Å². The summed E-state index contributed by atoms with van der Waals surface area (Å²) in [5.41, 5.74) is 0.563. The number of aromatic hydroxyl groups is 1. The molecule has 22 heavy (non-hydrogen) atoms. The first-order valence-corrected chi connectivity index (χ1v) is 7.76. The fourth-order valence-electron chi connectivity index (χ4n) is 1.90. The first-order chi connectivity index (χ1) is 10.2. The molecule has 0 unspecified atom stereocenters. The van der Waals surface area contributed by atoms with Crippen LogP contribution in [0.3, 0.4) is 0 Å². The lowest BCUT2D eigenvalue weighted by atomic mass is 10.2. The summed E-state index contributed by atoms with van der Waals surface area (Å²) >= 11 is 0. The Balaban J connectivity index is 2.46. The Kier molecular flexibility index (Phi) is 4.05. The van der Waals surface area contributed by atoms with Crippen molar-refractivity contribution in [3.63, 3.8) is 0 Å². The molecule has 0 atom stereocenters. The number of benzene rings is 2. The smallest absolute Gasteiger partial charge is 0.313 e. The number of nitro groups is 1. The number of nitrogens with one attached hydrogen (secondary N) is 1. The highest BCUT2D eigenvalue weighted by atomic mass is 32.2. The Morgan fingerprint density at radius 2 is 1.68 bits per heavy atom. The zero-order valence-electron chi connectivity index (χ0n) is 11.9. The summed E-state index contributed by atoms with van der Waals surface area (Å²) in [6.45, 7) is 3.38. The molecule has 0 saturated carbocycles. The first kappa shape index (κ1) is 15.8. The molecule has 2 rings (SSSR count). The Bertz CT molecular complexity index is 829. The largest absolute Gasteiger partial charge is 0.501 e. The molecule has 0 saturated heterocycles. The lowest BCUT2D eigenvalue weighted by Gasteiger charge is -2.11. The number of nitrogens with zero attached hydrogens (tertiary/aromatic N) is 1. The van der Waals surface area contributed by atoms with Gasteiger partial charge in [0.15, 0.2) is 0 Å². The quantitative estimate of drug-likeness (QED) is 0.511. The summed E-state index contributed by atoms with van der Waals surface area (Å²) in [6, 6.07) is 8.59. The second-order valence-corrected chi connectivity index (χ2v) is 6.54. The monoisotopic (exact) mass is 322 g/mol. The zero-order valence-corrected chi connectivity index (χ0v) is 12.7. The molecule has 0 aliphatic heterocycles. The van der Waals surface area contributed by atoms with Crippen LogP contribution in [0.2, 0.25) is 0 Å². The van der Waals surface area contributed by atoms with Crippen LogP contribution in [0.4, 0.5) is 11.4 Å². The average molecular weight is 322 g/mol. The van der Waals surface area contributed by atoms with Gasteiger partial charge in [0, 0.05) is 6.07 Å². The van der Waals surface area contributed by atoms with E-state index in [0.29, 0.717) is 5.56 Å². The zero-order chi connectivity index (χ0) is 16.5. The van der Waals surface area contributed by atoms with Crippen molar-refractivity contribution in [3.8, 4) is 5.75 Å². The van der Waals surface area contributed by atoms with Crippen LogP contribution < -0.4 is 4.72 Å². The van der Waals surface area contributed by atoms with Gasteiger partial charge < -0.3 is 5.11 Å². The number of nitro benzene ring substituents is 1. The summed E-state index contributed by atoms with van der Waals surface area (Å²) in [4.78, 5) is 10.1. The Labute approximate surface area is 127 Å². The number of sulfonamides is 1. The maximum atomic E-state index is 12.3. The van der Waals surface area contributed by atoms with Crippen LogP contribution in [0.25, 0.3) is 0 Å². The van der Waals surface area contributed by atoms with Crippen molar-refractivity contribution in [2.75, 3.05) is 4.72 Å². The molecule has 116 valence electrons. The second-order valence-electron chi connectivity index (χ2n) is 4.86. The highest BCUT2D eigenvalue weighted by Crippen LogP contribution is 2.36. The molecule has 2 N–H and O–H groups in total. The molecule has 0 aromatic heterocycles. The number of rotatable bonds is 4. The lowest BCUT2D eigenvalue weighted by Crippen LogP contribution is -2.13. The summed E-state index contributed by atoms with van der Waals surface area (Å²) in [7, 11) is -3.94. The average Bonchev–Trinajstić information content (AvgIpc) is 2.42. The normalized spacial score (nSPS) is 11.2. The molecule has 2 aromatic carbocycles. The summed E-state index contributed by atoms with van der Waals surface area (Å²) in [6.07, 6.45) is 0. The van der Waals surface area contributed by atoms with E-state index in [-0.39, 0.29) is 10.6 Å². The van der Waals surface area contributed by atoms with Crippen molar-refractivity contribution in [2.24, 2.45) is 0 Å². The molecule has 0 spiro atoms. The molecule has 0 radical (unpaired) electrons. The molecule has 0 fully saturated rings. The highest BCUT2D eigenvalue weighted by Gasteiger charge is 2.22. The third-order valence-electron chi connectivity index (χ3n) is 3.01. The van der Waals surface area contributed by atoms with Crippen molar-refractivity contribution in [1.82, 2.24) is 0 Å². The predicted molar refractivity (Wildman–Crippen MR) is 81.5 cm³/mol. The van der Waals surface area contributed by atoms with E-state index in [2.05, 4.69) is 4.72 Å². The lowest BCUT2D eigenvalue weighted by molar-refractivity contribution is -0.385. The van der Waals surface area contributed by atoms with E-state index in [1.54, 1.807) is 19.1 Å². The molecule has 0 aliphatic rings. The van der Waals surface area contributed by atoms with Crippen molar-refractivity contribution in [2.45, 2.75) is 18.7 Å². The molecule has 2 aromatic rings. The van der Waals surface area contributed by atoms with Crippen molar-refractivity contribution < 1.29 is 18.4 Å². The maximum absolute atomic E-state index is 12.3. The van der Waals surface area contributed by atoms with Crippen LogP contribution in [0.1, 0.15) is 11.1 Å². The Hall–Kier alpha value is -2.61. The molecule has 8 heteroatoms. The van der Waals surface area contributed by atoms with Crippen LogP contribution in [0.15, 0.2) is 41.3 Å². The minimum atomic E-state index is -3.94. The third kappa shape index (κ3) is 3.17. The van der Waals surface area contributed by atoms with E-state index in [9.17, 15) is 23.6 Å². The molecule has 0 heterocycles. The van der Waals surface area contributed by atoms with E-state index in [4.69, 9.17) is 0 Å². The van der Waals surface area contributed by atoms with E-state index >= 15 is 0 Å². The van der Waals surface area contributed by atoms with Gasteiger partial charge in [0.2, 0.25) is 5.75 Å². The SMILES string of the molecule is Cc1ccc(S(=O)(=O)Nc2cc(C)cc([N+](=O)[O-])c2O)cc1. The third-order valence-corrected chi connectivity index (χ3v) is 4.39. The van der Waals surface area contributed by atoms with E-state index in [1.165, 1.54) is 24.3 Å². The van der Waals surface area contributed by atoms with Gasteiger partial charge in [-0.2, -0.15) is 0 Å². The van der Waals surface area contributed by atoms with Crippen molar-refractivity contribution in [3.05, 3.63) is 57.6 Å². The van der Waals surface area contributed by atoms with Gasteiger partial charge in [0.25, 0.3) is 10.0 Å². The molecule has 7 nitrogen and oxygen atoms in total. The highest BCUT2D eigenvalue weighted by molar-refractivity contribution is 7.92. The number of phenols is 1.